The van der Waals surface area contributed by atoms with Gasteiger partial charge in [0.25, 0.3) is 0 Å². The number of hydrogen-bond acceptors (Lipinski definition) is 2. The molecule has 1 aromatic carbocycles. The van der Waals surface area contributed by atoms with Crippen molar-refractivity contribution in [1.82, 2.24) is 0 Å². The van der Waals surface area contributed by atoms with Crippen molar-refractivity contribution in [3.8, 4) is 0 Å². The SMILES string of the molecule is CCC(C)c1ccc2c(c1)CCCOC2=O. The highest BCUT2D eigenvalue weighted by molar-refractivity contribution is 5.91. The van der Waals surface area contributed by atoms with Crippen LogP contribution in [0, 0.1) is 0 Å². The molecule has 0 saturated carbocycles. The highest BCUT2D eigenvalue weighted by atomic mass is 16.5. The van der Waals surface area contributed by atoms with Gasteiger partial charge in [0, 0.05) is 0 Å². The molecule has 1 unspecified atom stereocenters. The van der Waals surface area contributed by atoms with E-state index in [-0.39, 0.29) is 5.97 Å². The first kappa shape index (κ1) is 11.2. The number of carbonyl (C=O) groups is 1. The second kappa shape index (κ2) is 4.69. The number of rotatable bonds is 2. The Labute approximate surface area is 96.6 Å². The summed E-state index contributed by atoms with van der Waals surface area (Å²) < 4.78 is 5.12. The van der Waals surface area contributed by atoms with E-state index in [2.05, 4.69) is 26.0 Å². The fourth-order valence-corrected chi connectivity index (χ4v) is 2.07. The molecule has 1 heterocycles. The first-order valence-electron chi connectivity index (χ1n) is 6.02. The zero-order valence-electron chi connectivity index (χ0n) is 9.95. The van der Waals surface area contributed by atoms with Crippen molar-refractivity contribution in [3.05, 3.63) is 34.9 Å². The minimum Gasteiger partial charge on any atom is -0.462 e. The lowest BCUT2D eigenvalue weighted by molar-refractivity contribution is 0.0513. The van der Waals surface area contributed by atoms with Crippen LogP contribution in [0.1, 0.15) is 54.1 Å². The van der Waals surface area contributed by atoms with E-state index in [1.165, 1.54) is 5.56 Å². The lowest BCUT2D eigenvalue weighted by Gasteiger charge is -2.12. The molecule has 2 rings (SSSR count). The molecule has 0 N–H and O–H groups in total. The van der Waals surface area contributed by atoms with Crippen LogP contribution >= 0.6 is 0 Å². The Bertz CT molecular complexity index is 396. The second-order valence-electron chi connectivity index (χ2n) is 4.47. The maximum absolute atomic E-state index is 11.6. The number of carbonyl (C=O) groups excluding carboxylic acids is 1. The summed E-state index contributed by atoms with van der Waals surface area (Å²) in [6.07, 6.45) is 3.01. The van der Waals surface area contributed by atoms with Gasteiger partial charge in [0.15, 0.2) is 0 Å². The third-order valence-electron chi connectivity index (χ3n) is 3.35. The number of ether oxygens (including phenoxy) is 1. The average molecular weight is 218 g/mol. The Morgan fingerprint density at radius 3 is 3.00 bits per heavy atom. The van der Waals surface area contributed by atoms with Crippen LogP contribution in [0.15, 0.2) is 18.2 Å². The summed E-state index contributed by atoms with van der Waals surface area (Å²) in [6, 6.07) is 6.15. The first-order chi connectivity index (χ1) is 7.72. The zero-order chi connectivity index (χ0) is 11.5. The summed E-state index contributed by atoms with van der Waals surface area (Å²) in [5.41, 5.74) is 3.24. The molecule has 0 aromatic heterocycles. The Kier molecular flexibility index (Phi) is 3.28. The van der Waals surface area contributed by atoms with E-state index in [9.17, 15) is 4.79 Å². The smallest absolute Gasteiger partial charge is 0.338 e. The molecule has 0 spiro atoms. The van der Waals surface area contributed by atoms with Gasteiger partial charge in [-0.2, -0.15) is 0 Å². The van der Waals surface area contributed by atoms with Gasteiger partial charge in [0.2, 0.25) is 0 Å². The highest BCUT2D eigenvalue weighted by Crippen LogP contribution is 2.24. The fraction of sp³-hybridized carbons (Fsp3) is 0.500. The van der Waals surface area contributed by atoms with Gasteiger partial charge in [-0.25, -0.2) is 4.79 Å². The Morgan fingerprint density at radius 2 is 2.25 bits per heavy atom. The standard InChI is InChI=1S/C14H18O2/c1-3-10(2)11-6-7-13-12(9-11)5-4-8-16-14(13)15/h6-7,9-10H,3-5,8H2,1-2H3. The van der Waals surface area contributed by atoms with Gasteiger partial charge in [-0.05, 0) is 42.4 Å². The van der Waals surface area contributed by atoms with Gasteiger partial charge in [-0.3, -0.25) is 0 Å². The van der Waals surface area contributed by atoms with Crippen LogP contribution in [-0.4, -0.2) is 12.6 Å². The number of cyclic esters (lactones) is 1. The summed E-state index contributed by atoms with van der Waals surface area (Å²) in [5, 5.41) is 0. The molecule has 1 aliphatic heterocycles. The summed E-state index contributed by atoms with van der Waals surface area (Å²) >= 11 is 0. The van der Waals surface area contributed by atoms with Gasteiger partial charge >= 0.3 is 5.97 Å². The van der Waals surface area contributed by atoms with Crippen molar-refractivity contribution < 1.29 is 9.53 Å². The lowest BCUT2D eigenvalue weighted by Crippen LogP contribution is -2.05. The van der Waals surface area contributed by atoms with Gasteiger partial charge in [0.1, 0.15) is 0 Å². The van der Waals surface area contributed by atoms with Gasteiger partial charge < -0.3 is 4.74 Å². The summed E-state index contributed by atoms with van der Waals surface area (Å²) in [7, 11) is 0. The number of fused-ring (bicyclic) bond motifs is 1. The topological polar surface area (TPSA) is 26.3 Å². The minimum atomic E-state index is -0.164. The molecule has 1 atom stereocenters. The van der Waals surface area contributed by atoms with Crippen LogP contribution in [-0.2, 0) is 11.2 Å². The third kappa shape index (κ3) is 2.11. The molecule has 0 aliphatic carbocycles. The quantitative estimate of drug-likeness (QED) is 0.712. The minimum absolute atomic E-state index is 0.164. The monoisotopic (exact) mass is 218 g/mol. The van der Waals surface area contributed by atoms with Gasteiger partial charge in [-0.15, -0.1) is 0 Å². The molecule has 0 saturated heterocycles. The second-order valence-corrected chi connectivity index (χ2v) is 4.47. The molecular weight excluding hydrogens is 200 g/mol. The maximum Gasteiger partial charge on any atom is 0.338 e. The molecule has 0 bridgehead atoms. The molecule has 2 nitrogen and oxygen atoms in total. The van der Waals surface area contributed by atoms with Crippen LogP contribution in [0.2, 0.25) is 0 Å². The molecule has 0 radical (unpaired) electrons. The number of esters is 1. The van der Waals surface area contributed by atoms with Crippen LogP contribution in [0.5, 0.6) is 0 Å². The number of hydrogen-bond donors (Lipinski definition) is 0. The molecule has 16 heavy (non-hydrogen) atoms. The van der Waals surface area contributed by atoms with Crippen LogP contribution in [0.3, 0.4) is 0 Å². The summed E-state index contributed by atoms with van der Waals surface area (Å²) in [6.45, 7) is 4.95. The van der Waals surface area contributed by atoms with Crippen molar-refractivity contribution in [2.24, 2.45) is 0 Å². The van der Waals surface area contributed by atoms with E-state index in [0.717, 1.165) is 30.4 Å². The van der Waals surface area contributed by atoms with Crippen molar-refractivity contribution >= 4 is 5.97 Å². The van der Waals surface area contributed by atoms with E-state index in [4.69, 9.17) is 4.74 Å². The lowest BCUT2D eigenvalue weighted by atomic mass is 9.93. The summed E-state index contributed by atoms with van der Waals surface area (Å²) in [5.74, 6) is 0.396. The van der Waals surface area contributed by atoms with Crippen molar-refractivity contribution in [3.63, 3.8) is 0 Å². The van der Waals surface area contributed by atoms with E-state index < -0.39 is 0 Å². The molecule has 2 heteroatoms. The largest absolute Gasteiger partial charge is 0.462 e. The number of aryl methyl sites for hydroxylation is 1. The Balaban J connectivity index is 2.37. The fourth-order valence-electron chi connectivity index (χ4n) is 2.07. The highest BCUT2D eigenvalue weighted by Gasteiger charge is 2.17. The van der Waals surface area contributed by atoms with Crippen LogP contribution < -0.4 is 0 Å². The predicted octanol–water partition coefficient (Wildman–Crippen LogP) is 3.30. The molecule has 86 valence electrons. The third-order valence-corrected chi connectivity index (χ3v) is 3.35. The molecule has 0 fully saturated rings. The van der Waals surface area contributed by atoms with E-state index in [0.29, 0.717) is 12.5 Å². The average Bonchev–Trinajstić information content (AvgIpc) is 2.50. The molecule has 0 amide bonds. The van der Waals surface area contributed by atoms with E-state index in [1.54, 1.807) is 0 Å². The van der Waals surface area contributed by atoms with Crippen LogP contribution in [0.4, 0.5) is 0 Å². The number of benzene rings is 1. The zero-order valence-corrected chi connectivity index (χ0v) is 9.95. The predicted molar refractivity (Wildman–Crippen MR) is 63.8 cm³/mol. The van der Waals surface area contributed by atoms with E-state index >= 15 is 0 Å². The Hall–Kier alpha value is -1.31. The summed E-state index contributed by atoms with van der Waals surface area (Å²) in [4.78, 5) is 11.6. The van der Waals surface area contributed by atoms with Crippen molar-refractivity contribution in [2.75, 3.05) is 6.61 Å². The van der Waals surface area contributed by atoms with E-state index in [1.807, 2.05) is 6.07 Å². The normalized spacial score (nSPS) is 17.2. The van der Waals surface area contributed by atoms with Crippen molar-refractivity contribution in [2.45, 2.75) is 39.0 Å². The van der Waals surface area contributed by atoms with Crippen LogP contribution in [0.25, 0.3) is 0 Å². The van der Waals surface area contributed by atoms with Gasteiger partial charge in [0.05, 0.1) is 12.2 Å². The van der Waals surface area contributed by atoms with Gasteiger partial charge in [-0.1, -0.05) is 26.0 Å². The van der Waals surface area contributed by atoms with Crippen molar-refractivity contribution in [1.29, 1.82) is 0 Å². The maximum atomic E-state index is 11.6. The molecule has 1 aromatic rings. The Morgan fingerprint density at radius 1 is 1.44 bits per heavy atom. The molecule has 1 aliphatic rings. The first-order valence-corrected chi connectivity index (χ1v) is 6.02. The molecular formula is C14H18O2.